The summed E-state index contributed by atoms with van der Waals surface area (Å²) in [6, 6.07) is 28.4. The molecule has 1 N–H and O–H groups in total. The molecule has 0 bridgehead atoms. The zero-order valence-corrected chi connectivity index (χ0v) is 17.4. The van der Waals surface area contributed by atoms with E-state index < -0.39 is 6.04 Å². The smallest absolute Gasteiger partial charge is 0.325 e. The van der Waals surface area contributed by atoms with Gasteiger partial charge >= 0.3 is 6.03 Å². The normalized spacial score (nSPS) is 15.8. The van der Waals surface area contributed by atoms with Crippen LogP contribution in [0.2, 0.25) is 0 Å². The second-order valence-corrected chi connectivity index (χ2v) is 7.77. The summed E-state index contributed by atoms with van der Waals surface area (Å²) in [5.74, 6) is -0.217. The lowest BCUT2D eigenvalue weighted by Gasteiger charge is -2.13. The number of carbonyl (C=O) groups excluding carboxylic acids is 2. The van der Waals surface area contributed by atoms with E-state index in [0.717, 1.165) is 28.1 Å². The number of urea groups is 1. The minimum absolute atomic E-state index is 0.160. The van der Waals surface area contributed by atoms with Crippen LogP contribution in [0.4, 0.5) is 4.79 Å². The third-order valence-corrected chi connectivity index (χ3v) is 5.58. The fourth-order valence-electron chi connectivity index (χ4n) is 3.96. The van der Waals surface area contributed by atoms with E-state index in [0.29, 0.717) is 6.42 Å². The van der Waals surface area contributed by atoms with Gasteiger partial charge in [0, 0.05) is 23.7 Å². The van der Waals surface area contributed by atoms with Crippen molar-refractivity contribution in [2.75, 3.05) is 0 Å². The van der Waals surface area contributed by atoms with Gasteiger partial charge < -0.3 is 5.32 Å². The van der Waals surface area contributed by atoms with Gasteiger partial charge in [0.15, 0.2) is 0 Å². The van der Waals surface area contributed by atoms with Crippen LogP contribution >= 0.6 is 0 Å². The van der Waals surface area contributed by atoms with E-state index in [1.807, 2.05) is 97.2 Å². The highest BCUT2D eigenvalue weighted by atomic mass is 16.2. The molecule has 5 rings (SSSR count). The average molecular weight is 422 g/mol. The van der Waals surface area contributed by atoms with E-state index in [1.165, 1.54) is 4.90 Å². The SMILES string of the molecule is O=C1N[C@@H](Cc2ccccc2)C(=O)N1Cc1cn(-c2ccccc2)nc1-c1ccccc1. The Morgan fingerprint density at radius 2 is 1.44 bits per heavy atom. The molecule has 1 aliphatic heterocycles. The Morgan fingerprint density at radius 3 is 2.12 bits per heavy atom. The van der Waals surface area contributed by atoms with Crippen molar-refractivity contribution in [2.24, 2.45) is 0 Å². The Hall–Kier alpha value is -4.19. The maximum absolute atomic E-state index is 13.1. The standard InChI is InChI=1S/C26H22N4O2/c31-25-23(16-19-10-4-1-5-11-19)27-26(32)29(25)17-21-18-30(22-14-8-3-9-15-22)28-24(21)20-12-6-2-7-13-20/h1-15,18,23H,16-17H2,(H,27,32)/t23-/m0/s1. The molecule has 0 aliphatic carbocycles. The molecule has 1 atom stereocenters. The second kappa shape index (κ2) is 8.51. The number of imide groups is 1. The van der Waals surface area contributed by atoms with E-state index >= 15 is 0 Å². The Balaban J connectivity index is 1.45. The van der Waals surface area contributed by atoms with Gasteiger partial charge in [-0.1, -0.05) is 78.9 Å². The van der Waals surface area contributed by atoms with Crippen LogP contribution in [0.1, 0.15) is 11.1 Å². The van der Waals surface area contributed by atoms with Crippen molar-refractivity contribution in [1.82, 2.24) is 20.0 Å². The number of rotatable bonds is 6. The highest BCUT2D eigenvalue weighted by Crippen LogP contribution is 2.26. The fourth-order valence-corrected chi connectivity index (χ4v) is 3.96. The zero-order chi connectivity index (χ0) is 21.9. The fraction of sp³-hybridized carbons (Fsp3) is 0.115. The van der Waals surface area contributed by atoms with Crippen molar-refractivity contribution >= 4 is 11.9 Å². The Morgan fingerprint density at radius 1 is 0.812 bits per heavy atom. The molecule has 6 heteroatoms. The van der Waals surface area contributed by atoms with Gasteiger partial charge in [-0.15, -0.1) is 0 Å². The second-order valence-electron chi connectivity index (χ2n) is 7.77. The quantitative estimate of drug-likeness (QED) is 0.474. The van der Waals surface area contributed by atoms with Crippen LogP contribution in [-0.4, -0.2) is 32.7 Å². The molecule has 4 aromatic rings. The summed E-state index contributed by atoms with van der Waals surface area (Å²) in [6.07, 6.45) is 2.36. The van der Waals surface area contributed by atoms with Crippen LogP contribution in [0.15, 0.2) is 97.2 Å². The summed E-state index contributed by atoms with van der Waals surface area (Å²) < 4.78 is 1.79. The van der Waals surface area contributed by atoms with Gasteiger partial charge in [0.25, 0.3) is 5.91 Å². The number of carbonyl (C=O) groups is 2. The topological polar surface area (TPSA) is 67.2 Å². The summed E-state index contributed by atoms with van der Waals surface area (Å²) in [6.45, 7) is 0.160. The summed E-state index contributed by atoms with van der Waals surface area (Å²) in [5, 5.41) is 7.61. The number of nitrogens with zero attached hydrogens (tertiary/aromatic N) is 3. The van der Waals surface area contributed by atoms with Crippen LogP contribution in [0.3, 0.4) is 0 Å². The molecule has 1 fully saturated rings. The highest BCUT2D eigenvalue weighted by molar-refractivity contribution is 6.04. The van der Waals surface area contributed by atoms with Crippen molar-refractivity contribution in [3.63, 3.8) is 0 Å². The monoisotopic (exact) mass is 422 g/mol. The van der Waals surface area contributed by atoms with Crippen molar-refractivity contribution in [1.29, 1.82) is 0 Å². The summed E-state index contributed by atoms with van der Waals surface area (Å²) >= 11 is 0. The minimum atomic E-state index is -0.561. The molecule has 158 valence electrons. The number of benzene rings is 3. The molecule has 3 aromatic carbocycles. The van der Waals surface area contributed by atoms with E-state index in [4.69, 9.17) is 5.10 Å². The van der Waals surface area contributed by atoms with Crippen LogP contribution in [0.5, 0.6) is 0 Å². The van der Waals surface area contributed by atoms with E-state index in [9.17, 15) is 9.59 Å². The lowest BCUT2D eigenvalue weighted by atomic mass is 10.1. The maximum atomic E-state index is 13.1. The molecular weight excluding hydrogens is 400 g/mol. The van der Waals surface area contributed by atoms with Crippen molar-refractivity contribution in [3.05, 3.63) is 108 Å². The summed E-state index contributed by atoms with van der Waals surface area (Å²) in [4.78, 5) is 27.0. The van der Waals surface area contributed by atoms with Gasteiger partial charge in [0.2, 0.25) is 0 Å². The molecule has 1 aliphatic rings. The predicted octanol–water partition coefficient (Wildman–Crippen LogP) is 4.20. The molecule has 1 saturated heterocycles. The van der Waals surface area contributed by atoms with Crippen molar-refractivity contribution in [3.8, 4) is 16.9 Å². The number of para-hydroxylation sites is 1. The average Bonchev–Trinajstić information content (AvgIpc) is 3.38. The number of amides is 3. The number of aromatic nitrogens is 2. The summed E-state index contributed by atoms with van der Waals surface area (Å²) in [5.41, 5.74) is 4.42. The Labute approximate surface area is 186 Å². The largest absolute Gasteiger partial charge is 0.325 e. The first kappa shape index (κ1) is 19.8. The van der Waals surface area contributed by atoms with Gasteiger partial charge in [-0.05, 0) is 17.7 Å². The third-order valence-electron chi connectivity index (χ3n) is 5.58. The van der Waals surface area contributed by atoms with Gasteiger partial charge in [-0.25, -0.2) is 9.48 Å². The Bertz CT molecular complexity index is 1240. The third kappa shape index (κ3) is 3.90. The lowest BCUT2D eigenvalue weighted by Crippen LogP contribution is -2.32. The highest BCUT2D eigenvalue weighted by Gasteiger charge is 2.38. The van der Waals surface area contributed by atoms with Gasteiger partial charge in [-0.3, -0.25) is 9.69 Å². The molecule has 2 heterocycles. The van der Waals surface area contributed by atoms with Gasteiger partial charge in [-0.2, -0.15) is 5.10 Å². The first-order valence-electron chi connectivity index (χ1n) is 10.5. The molecule has 3 amide bonds. The number of nitrogens with one attached hydrogen (secondary N) is 1. The van der Waals surface area contributed by atoms with Crippen molar-refractivity contribution in [2.45, 2.75) is 19.0 Å². The van der Waals surface area contributed by atoms with Crippen LogP contribution < -0.4 is 5.32 Å². The van der Waals surface area contributed by atoms with E-state index in [1.54, 1.807) is 4.68 Å². The first-order valence-corrected chi connectivity index (χ1v) is 10.5. The number of hydrogen-bond donors (Lipinski definition) is 1. The summed E-state index contributed by atoms with van der Waals surface area (Å²) in [7, 11) is 0. The number of hydrogen-bond acceptors (Lipinski definition) is 3. The van der Waals surface area contributed by atoms with E-state index in [-0.39, 0.29) is 18.5 Å². The first-order chi connectivity index (χ1) is 15.7. The minimum Gasteiger partial charge on any atom is -0.325 e. The maximum Gasteiger partial charge on any atom is 0.325 e. The predicted molar refractivity (Wildman–Crippen MR) is 122 cm³/mol. The molecule has 6 nitrogen and oxygen atoms in total. The van der Waals surface area contributed by atoms with Gasteiger partial charge in [0.05, 0.1) is 17.9 Å². The zero-order valence-electron chi connectivity index (χ0n) is 17.4. The molecule has 0 spiro atoms. The lowest BCUT2D eigenvalue weighted by molar-refractivity contribution is -0.127. The van der Waals surface area contributed by atoms with Crippen LogP contribution in [0.25, 0.3) is 16.9 Å². The molecule has 0 saturated carbocycles. The molecule has 1 aromatic heterocycles. The van der Waals surface area contributed by atoms with Crippen LogP contribution in [-0.2, 0) is 17.8 Å². The van der Waals surface area contributed by atoms with E-state index in [2.05, 4.69) is 5.32 Å². The Kier molecular flexibility index (Phi) is 5.25. The van der Waals surface area contributed by atoms with Crippen molar-refractivity contribution < 1.29 is 9.59 Å². The molecule has 32 heavy (non-hydrogen) atoms. The molecular formula is C26H22N4O2. The van der Waals surface area contributed by atoms with Gasteiger partial charge in [0.1, 0.15) is 6.04 Å². The molecule has 0 unspecified atom stereocenters. The molecule has 0 radical (unpaired) electrons. The van der Waals surface area contributed by atoms with Crippen LogP contribution in [0, 0.1) is 0 Å².